The van der Waals surface area contributed by atoms with Crippen molar-refractivity contribution in [2.75, 3.05) is 13.1 Å². The van der Waals surface area contributed by atoms with E-state index in [-0.39, 0.29) is 43.1 Å². The van der Waals surface area contributed by atoms with Gasteiger partial charge in [-0.2, -0.15) is 0 Å². The Hall–Kier alpha value is -1.41. The van der Waals surface area contributed by atoms with Gasteiger partial charge in [0, 0.05) is 25.2 Å². The zero-order chi connectivity index (χ0) is 18.1. The SMILES string of the molecule is Cc1nc(COc2ccc(F)cc2)sc1C(=O)N1CCC2CCC(C1)N2.Cl.Cl. The molecular weight excluding hydrogens is 424 g/mol. The molecule has 0 saturated carbocycles. The minimum absolute atomic E-state index is 0. The Morgan fingerprint density at radius 3 is 2.71 bits per heavy atom. The van der Waals surface area contributed by atoms with Gasteiger partial charge in [-0.15, -0.1) is 36.2 Å². The Balaban J connectivity index is 0.00000140. The van der Waals surface area contributed by atoms with E-state index in [1.807, 2.05) is 11.8 Å². The summed E-state index contributed by atoms with van der Waals surface area (Å²) in [5, 5.41) is 4.35. The zero-order valence-corrected chi connectivity index (χ0v) is 18.0. The van der Waals surface area contributed by atoms with Gasteiger partial charge in [-0.3, -0.25) is 4.79 Å². The summed E-state index contributed by atoms with van der Waals surface area (Å²) < 4.78 is 18.6. The summed E-state index contributed by atoms with van der Waals surface area (Å²) in [5.41, 5.74) is 0.750. The summed E-state index contributed by atoms with van der Waals surface area (Å²) in [6.45, 7) is 3.71. The van der Waals surface area contributed by atoms with Gasteiger partial charge in [0.25, 0.3) is 5.91 Å². The summed E-state index contributed by atoms with van der Waals surface area (Å²) in [7, 11) is 0. The van der Waals surface area contributed by atoms with Crippen LogP contribution in [0.5, 0.6) is 5.75 Å². The molecule has 2 fully saturated rings. The maximum atomic E-state index is 13.0. The molecule has 2 aliphatic rings. The van der Waals surface area contributed by atoms with Crippen molar-refractivity contribution in [2.24, 2.45) is 0 Å². The molecular formula is C19H24Cl2FN3O2S. The number of thiazole rings is 1. The molecule has 2 aliphatic heterocycles. The molecule has 2 atom stereocenters. The average Bonchev–Trinajstić information content (AvgIpc) is 3.15. The van der Waals surface area contributed by atoms with E-state index >= 15 is 0 Å². The molecule has 154 valence electrons. The molecule has 0 radical (unpaired) electrons. The lowest BCUT2D eigenvalue weighted by Crippen LogP contribution is -2.39. The first-order valence-corrected chi connectivity index (χ1v) is 9.80. The molecule has 1 aromatic heterocycles. The van der Waals surface area contributed by atoms with Crippen LogP contribution < -0.4 is 10.1 Å². The van der Waals surface area contributed by atoms with E-state index in [0.29, 0.717) is 22.7 Å². The fourth-order valence-corrected chi connectivity index (χ4v) is 4.61. The van der Waals surface area contributed by atoms with Gasteiger partial charge >= 0.3 is 0 Å². The largest absolute Gasteiger partial charge is 0.486 e. The maximum Gasteiger partial charge on any atom is 0.265 e. The predicted octanol–water partition coefficient (Wildman–Crippen LogP) is 3.98. The van der Waals surface area contributed by atoms with Crippen molar-refractivity contribution in [3.8, 4) is 5.75 Å². The van der Waals surface area contributed by atoms with Crippen LogP contribution in [0.25, 0.3) is 0 Å². The van der Waals surface area contributed by atoms with Crippen LogP contribution in [0.1, 0.15) is 39.6 Å². The minimum Gasteiger partial charge on any atom is -0.486 e. The van der Waals surface area contributed by atoms with Gasteiger partial charge in [0.2, 0.25) is 0 Å². The number of benzene rings is 1. The Morgan fingerprint density at radius 2 is 1.96 bits per heavy atom. The van der Waals surface area contributed by atoms with E-state index in [1.54, 1.807) is 12.1 Å². The lowest BCUT2D eigenvalue weighted by Gasteiger charge is -2.23. The standard InChI is InChI=1S/C19H22FN3O2S.2ClH/c1-12-18(19(24)23-9-8-14-4-5-15(10-23)22-14)26-17(21-12)11-25-16-6-2-13(20)3-7-16;;/h2-3,6-7,14-15,22H,4-5,8-11H2,1H3;2*1H. The van der Waals surface area contributed by atoms with E-state index in [2.05, 4.69) is 10.3 Å². The molecule has 4 rings (SSSR count). The van der Waals surface area contributed by atoms with Crippen LogP contribution in [0.15, 0.2) is 24.3 Å². The lowest BCUT2D eigenvalue weighted by molar-refractivity contribution is 0.0752. The number of nitrogens with one attached hydrogen (secondary N) is 1. The van der Waals surface area contributed by atoms with E-state index in [1.165, 1.54) is 29.9 Å². The Kier molecular flexibility index (Phi) is 8.07. The summed E-state index contributed by atoms with van der Waals surface area (Å²) in [5.74, 6) is 0.361. The minimum atomic E-state index is -0.295. The molecule has 9 heteroatoms. The van der Waals surface area contributed by atoms with Gasteiger partial charge in [0.05, 0.1) is 5.69 Å². The highest BCUT2D eigenvalue weighted by Crippen LogP contribution is 2.25. The fourth-order valence-electron chi connectivity index (χ4n) is 3.66. The first-order valence-electron chi connectivity index (χ1n) is 8.98. The smallest absolute Gasteiger partial charge is 0.265 e. The third-order valence-electron chi connectivity index (χ3n) is 5.02. The highest BCUT2D eigenvalue weighted by molar-refractivity contribution is 7.13. The molecule has 2 saturated heterocycles. The molecule has 3 heterocycles. The zero-order valence-electron chi connectivity index (χ0n) is 15.5. The number of rotatable bonds is 4. The van der Waals surface area contributed by atoms with E-state index in [0.717, 1.165) is 36.6 Å². The van der Waals surface area contributed by atoms with Crippen molar-refractivity contribution in [3.63, 3.8) is 0 Å². The monoisotopic (exact) mass is 447 g/mol. The average molecular weight is 448 g/mol. The third kappa shape index (κ3) is 5.14. The van der Waals surface area contributed by atoms with Crippen LogP contribution in [-0.4, -0.2) is 41.0 Å². The maximum absolute atomic E-state index is 13.0. The fraction of sp³-hybridized carbons (Fsp3) is 0.474. The first kappa shape index (κ1) is 22.9. The molecule has 1 N–H and O–H groups in total. The molecule has 2 aromatic rings. The Morgan fingerprint density at radius 1 is 1.25 bits per heavy atom. The van der Waals surface area contributed by atoms with Crippen LogP contribution in [0, 0.1) is 12.7 Å². The number of hydrogen-bond acceptors (Lipinski definition) is 5. The van der Waals surface area contributed by atoms with Crippen molar-refractivity contribution in [1.29, 1.82) is 0 Å². The molecule has 5 nitrogen and oxygen atoms in total. The van der Waals surface area contributed by atoms with Crippen molar-refractivity contribution >= 4 is 42.1 Å². The van der Waals surface area contributed by atoms with E-state index in [4.69, 9.17) is 4.74 Å². The highest BCUT2D eigenvalue weighted by atomic mass is 35.5. The van der Waals surface area contributed by atoms with Crippen molar-refractivity contribution in [3.05, 3.63) is 45.7 Å². The third-order valence-corrected chi connectivity index (χ3v) is 6.14. The predicted molar refractivity (Wildman–Crippen MR) is 113 cm³/mol. The number of aryl methyl sites for hydroxylation is 1. The van der Waals surface area contributed by atoms with Crippen LogP contribution in [0.3, 0.4) is 0 Å². The number of nitrogens with zero attached hydrogens (tertiary/aromatic N) is 2. The molecule has 0 spiro atoms. The second kappa shape index (κ2) is 9.87. The van der Waals surface area contributed by atoms with Crippen LogP contribution in [0.2, 0.25) is 0 Å². The molecule has 2 unspecified atom stereocenters. The second-order valence-electron chi connectivity index (χ2n) is 6.94. The topological polar surface area (TPSA) is 54.5 Å². The van der Waals surface area contributed by atoms with Crippen LogP contribution >= 0.6 is 36.2 Å². The number of fused-ring (bicyclic) bond motifs is 2. The number of aromatic nitrogens is 1. The Labute approximate surface area is 180 Å². The molecule has 1 amide bonds. The number of likely N-dealkylation sites (tertiary alicyclic amines) is 1. The lowest BCUT2D eigenvalue weighted by atomic mass is 10.1. The van der Waals surface area contributed by atoms with Gasteiger partial charge in [0.15, 0.2) is 0 Å². The van der Waals surface area contributed by atoms with E-state index in [9.17, 15) is 9.18 Å². The summed E-state index contributed by atoms with van der Waals surface area (Å²) >= 11 is 1.39. The first-order chi connectivity index (χ1) is 12.6. The number of halogens is 3. The van der Waals surface area contributed by atoms with Gasteiger partial charge < -0.3 is 15.0 Å². The normalized spacial score (nSPS) is 20.7. The van der Waals surface area contributed by atoms with Gasteiger partial charge in [0.1, 0.15) is 28.1 Å². The van der Waals surface area contributed by atoms with Crippen LogP contribution in [0.4, 0.5) is 4.39 Å². The highest BCUT2D eigenvalue weighted by Gasteiger charge is 2.32. The van der Waals surface area contributed by atoms with Gasteiger partial charge in [-0.05, 0) is 50.5 Å². The molecule has 0 aliphatic carbocycles. The number of carbonyl (C=O) groups excluding carboxylic acids is 1. The van der Waals surface area contributed by atoms with Crippen molar-refractivity contribution in [1.82, 2.24) is 15.2 Å². The molecule has 1 aromatic carbocycles. The molecule has 28 heavy (non-hydrogen) atoms. The second-order valence-corrected chi connectivity index (χ2v) is 8.03. The number of ether oxygens (including phenoxy) is 1. The van der Waals surface area contributed by atoms with Gasteiger partial charge in [-0.25, -0.2) is 9.37 Å². The van der Waals surface area contributed by atoms with Crippen LogP contribution in [-0.2, 0) is 6.61 Å². The number of hydrogen-bond donors (Lipinski definition) is 1. The number of amides is 1. The number of carbonyl (C=O) groups is 1. The van der Waals surface area contributed by atoms with Gasteiger partial charge in [-0.1, -0.05) is 0 Å². The van der Waals surface area contributed by atoms with Crippen molar-refractivity contribution < 1.29 is 13.9 Å². The van der Waals surface area contributed by atoms with E-state index < -0.39 is 0 Å². The Bertz CT molecular complexity index is 803. The summed E-state index contributed by atoms with van der Waals surface area (Å²) in [4.78, 5) is 20.1. The molecule has 2 bridgehead atoms. The quantitative estimate of drug-likeness (QED) is 0.769. The summed E-state index contributed by atoms with van der Waals surface area (Å²) in [6, 6.07) is 6.86. The van der Waals surface area contributed by atoms with Crippen molar-refractivity contribution in [2.45, 2.75) is 44.9 Å². The summed E-state index contributed by atoms with van der Waals surface area (Å²) in [6.07, 6.45) is 3.38.